The molecule has 0 aliphatic carbocycles. The van der Waals surface area contributed by atoms with E-state index < -0.39 is 0 Å². The molecule has 3 rings (SSSR count). The maximum absolute atomic E-state index is 11.8. The fraction of sp³-hybridized carbons (Fsp3) is 0.500. The van der Waals surface area contributed by atoms with Crippen LogP contribution < -0.4 is 0 Å². The molecular weight excluding hydrogens is 258 g/mol. The summed E-state index contributed by atoms with van der Waals surface area (Å²) in [6.45, 7) is 4.63. The van der Waals surface area contributed by atoms with Crippen LogP contribution in [0.2, 0.25) is 0 Å². The van der Waals surface area contributed by atoms with Gasteiger partial charge in [-0.05, 0) is 31.9 Å². The SMILES string of the molecule is CC[C@@H](c1nnc(-c2ccc(C)o2)o1)N1CCCC1=O. The van der Waals surface area contributed by atoms with Crippen LogP contribution in [-0.2, 0) is 4.79 Å². The Morgan fingerprint density at radius 2 is 2.20 bits per heavy atom. The van der Waals surface area contributed by atoms with Gasteiger partial charge in [0, 0.05) is 13.0 Å². The van der Waals surface area contributed by atoms with Gasteiger partial charge in [0.1, 0.15) is 11.8 Å². The van der Waals surface area contributed by atoms with E-state index in [1.165, 1.54) is 0 Å². The third-order valence-corrected chi connectivity index (χ3v) is 3.55. The molecule has 0 unspecified atom stereocenters. The molecule has 106 valence electrons. The summed E-state index contributed by atoms with van der Waals surface area (Å²) < 4.78 is 11.2. The molecule has 20 heavy (non-hydrogen) atoms. The Bertz CT molecular complexity index is 617. The zero-order valence-electron chi connectivity index (χ0n) is 11.6. The summed E-state index contributed by atoms with van der Waals surface area (Å²) >= 11 is 0. The first-order valence-corrected chi connectivity index (χ1v) is 6.88. The highest BCUT2D eigenvalue weighted by Gasteiger charge is 2.31. The molecule has 2 aromatic rings. The molecule has 0 bridgehead atoms. The molecule has 0 aromatic carbocycles. The summed E-state index contributed by atoms with van der Waals surface area (Å²) in [5.41, 5.74) is 0. The molecule has 1 atom stereocenters. The first kappa shape index (κ1) is 12.9. The Balaban J connectivity index is 1.86. The number of rotatable bonds is 4. The largest absolute Gasteiger partial charge is 0.456 e. The van der Waals surface area contributed by atoms with E-state index in [9.17, 15) is 4.79 Å². The van der Waals surface area contributed by atoms with Crippen LogP contribution in [0.3, 0.4) is 0 Å². The molecule has 6 nitrogen and oxygen atoms in total. The normalized spacial score (nSPS) is 16.9. The first-order valence-electron chi connectivity index (χ1n) is 6.88. The minimum Gasteiger partial charge on any atom is -0.456 e. The van der Waals surface area contributed by atoms with Crippen LogP contribution in [-0.4, -0.2) is 27.5 Å². The molecule has 6 heteroatoms. The van der Waals surface area contributed by atoms with Gasteiger partial charge in [0.05, 0.1) is 0 Å². The molecule has 1 saturated heterocycles. The van der Waals surface area contributed by atoms with E-state index in [-0.39, 0.29) is 11.9 Å². The fourth-order valence-electron chi connectivity index (χ4n) is 2.55. The van der Waals surface area contributed by atoms with Gasteiger partial charge in [0.15, 0.2) is 5.76 Å². The van der Waals surface area contributed by atoms with Gasteiger partial charge in [0.2, 0.25) is 11.8 Å². The summed E-state index contributed by atoms with van der Waals surface area (Å²) in [5, 5.41) is 8.10. The number of carbonyl (C=O) groups is 1. The van der Waals surface area contributed by atoms with E-state index in [1.54, 1.807) is 6.07 Å². The monoisotopic (exact) mass is 275 g/mol. The van der Waals surface area contributed by atoms with E-state index >= 15 is 0 Å². The maximum Gasteiger partial charge on any atom is 0.283 e. The lowest BCUT2D eigenvalue weighted by atomic mass is 10.2. The van der Waals surface area contributed by atoms with Gasteiger partial charge in [-0.15, -0.1) is 10.2 Å². The Morgan fingerprint density at radius 1 is 1.35 bits per heavy atom. The van der Waals surface area contributed by atoms with Crippen molar-refractivity contribution in [1.29, 1.82) is 0 Å². The van der Waals surface area contributed by atoms with Gasteiger partial charge in [-0.2, -0.15) is 0 Å². The van der Waals surface area contributed by atoms with Crippen molar-refractivity contribution in [2.75, 3.05) is 6.54 Å². The van der Waals surface area contributed by atoms with E-state index in [4.69, 9.17) is 8.83 Å². The Labute approximate surface area is 116 Å². The van der Waals surface area contributed by atoms with Crippen LogP contribution in [0.25, 0.3) is 11.7 Å². The molecule has 0 spiro atoms. The van der Waals surface area contributed by atoms with Crippen molar-refractivity contribution in [2.45, 2.75) is 39.2 Å². The second kappa shape index (κ2) is 5.11. The molecule has 0 N–H and O–H groups in total. The van der Waals surface area contributed by atoms with Gasteiger partial charge >= 0.3 is 0 Å². The molecule has 0 saturated carbocycles. The summed E-state index contributed by atoms with van der Waals surface area (Å²) in [7, 11) is 0. The standard InChI is InChI=1S/C14H17N3O3/c1-3-10(17-8-4-5-12(17)18)13-15-16-14(20-13)11-7-6-9(2)19-11/h6-7,10H,3-5,8H2,1-2H3/t10-/m0/s1. The minimum absolute atomic E-state index is 0.137. The number of furan rings is 1. The van der Waals surface area contributed by atoms with Crippen molar-refractivity contribution in [1.82, 2.24) is 15.1 Å². The lowest BCUT2D eigenvalue weighted by molar-refractivity contribution is -0.130. The van der Waals surface area contributed by atoms with Crippen LogP contribution in [0.4, 0.5) is 0 Å². The first-order chi connectivity index (χ1) is 9.69. The molecule has 3 heterocycles. The number of hydrogen-bond acceptors (Lipinski definition) is 5. The number of likely N-dealkylation sites (tertiary alicyclic amines) is 1. The Hall–Kier alpha value is -2.11. The minimum atomic E-state index is -0.137. The molecule has 0 radical (unpaired) electrons. The van der Waals surface area contributed by atoms with E-state index in [1.807, 2.05) is 24.8 Å². The van der Waals surface area contributed by atoms with Crippen LogP contribution in [0.15, 0.2) is 21.0 Å². The Morgan fingerprint density at radius 3 is 2.80 bits per heavy atom. The summed E-state index contributed by atoms with van der Waals surface area (Å²) in [5.74, 6) is 2.35. The van der Waals surface area contributed by atoms with Gasteiger partial charge < -0.3 is 13.7 Å². The van der Waals surface area contributed by atoms with Crippen LogP contribution >= 0.6 is 0 Å². The second-order valence-corrected chi connectivity index (χ2v) is 4.97. The molecular formula is C14H17N3O3. The predicted octanol–water partition coefficient (Wildman–Crippen LogP) is 2.71. The maximum atomic E-state index is 11.8. The van der Waals surface area contributed by atoms with Gasteiger partial charge in [-0.25, -0.2) is 0 Å². The number of amides is 1. The molecule has 1 amide bonds. The highest BCUT2D eigenvalue weighted by molar-refractivity contribution is 5.78. The third kappa shape index (κ3) is 2.21. The lowest BCUT2D eigenvalue weighted by Crippen LogP contribution is -2.29. The average molecular weight is 275 g/mol. The van der Waals surface area contributed by atoms with E-state index in [2.05, 4.69) is 10.2 Å². The summed E-state index contributed by atoms with van der Waals surface area (Å²) in [6.07, 6.45) is 2.26. The van der Waals surface area contributed by atoms with Crippen LogP contribution in [0.1, 0.15) is 43.9 Å². The van der Waals surface area contributed by atoms with Gasteiger partial charge in [-0.1, -0.05) is 6.92 Å². The predicted molar refractivity (Wildman–Crippen MR) is 70.7 cm³/mol. The summed E-state index contributed by atoms with van der Waals surface area (Å²) in [4.78, 5) is 13.7. The molecule has 1 aliphatic heterocycles. The van der Waals surface area contributed by atoms with Crippen molar-refractivity contribution < 1.29 is 13.6 Å². The summed E-state index contributed by atoms with van der Waals surface area (Å²) in [6, 6.07) is 3.51. The zero-order valence-corrected chi connectivity index (χ0v) is 11.6. The number of carbonyl (C=O) groups excluding carboxylic acids is 1. The van der Waals surface area contributed by atoms with Crippen molar-refractivity contribution in [3.8, 4) is 11.7 Å². The quantitative estimate of drug-likeness (QED) is 0.857. The van der Waals surface area contributed by atoms with Gasteiger partial charge in [-0.3, -0.25) is 4.79 Å². The topological polar surface area (TPSA) is 72.4 Å². The molecule has 1 fully saturated rings. The van der Waals surface area contributed by atoms with E-state index in [0.717, 1.165) is 25.1 Å². The number of aryl methyl sites for hydroxylation is 1. The second-order valence-electron chi connectivity index (χ2n) is 4.97. The van der Waals surface area contributed by atoms with Crippen molar-refractivity contribution in [3.05, 3.63) is 23.8 Å². The van der Waals surface area contributed by atoms with Crippen LogP contribution in [0, 0.1) is 6.92 Å². The van der Waals surface area contributed by atoms with E-state index in [0.29, 0.717) is 24.0 Å². The molecule has 1 aliphatic rings. The lowest BCUT2D eigenvalue weighted by Gasteiger charge is -2.23. The third-order valence-electron chi connectivity index (χ3n) is 3.55. The molecule has 2 aromatic heterocycles. The zero-order chi connectivity index (χ0) is 14.1. The Kier molecular flexibility index (Phi) is 3.30. The fourth-order valence-corrected chi connectivity index (χ4v) is 2.55. The number of nitrogens with zero attached hydrogens (tertiary/aromatic N) is 3. The van der Waals surface area contributed by atoms with Crippen LogP contribution in [0.5, 0.6) is 0 Å². The number of aromatic nitrogens is 2. The smallest absolute Gasteiger partial charge is 0.283 e. The number of hydrogen-bond donors (Lipinski definition) is 0. The van der Waals surface area contributed by atoms with Gasteiger partial charge in [0.25, 0.3) is 5.89 Å². The van der Waals surface area contributed by atoms with Crippen molar-refractivity contribution in [3.63, 3.8) is 0 Å². The van der Waals surface area contributed by atoms with Crippen molar-refractivity contribution in [2.24, 2.45) is 0 Å². The highest BCUT2D eigenvalue weighted by Crippen LogP contribution is 2.30. The average Bonchev–Trinajstić information content (AvgIpc) is 3.13. The highest BCUT2D eigenvalue weighted by atomic mass is 16.4. The van der Waals surface area contributed by atoms with Crippen molar-refractivity contribution >= 4 is 5.91 Å².